The summed E-state index contributed by atoms with van der Waals surface area (Å²) in [6, 6.07) is 15.9. The molecule has 0 bridgehead atoms. The van der Waals surface area contributed by atoms with Crippen molar-refractivity contribution in [2.45, 2.75) is 13.1 Å². The van der Waals surface area contributed by atoms with Gasteiger partial charge in [0.05, 0.1) is 10.8 Å². The summed E-state index contributed by atoms with van der Waals surface area (Å²) in [7, 11) is 0. The molecule has 6 heteroatoms. The number of aromatic amines is 1. The summed E-state index contributed by atoms with van der Waals surface area (Å²) in [6.45, 7) is 1.19. The van der Waals surface area contributed by atoms with Crippen LogP contribution in [0.4, 0.5) is 0 Å². The van der Waals surface area contributed by atoms with Gasteiger partial charge in [0, 0.05) is 36.4 Å². The number of imidazole rings is 1. The molecule has 1 amide bonds. The third kappa shape index (κ3) is 3.28. The van der Waals surface area contributed by atoms with Crippen molar-refractivity contribution < 1.29 is 4.79 Å². The third-order valence-corrected chi connectivity index (χ3v) is 5.16. The van der Waals surface area contributed by atoms with Crippen molar-refractivity contribution in [3.63, 3.8) is 0 Å². The van der Waals surface area contributed by atoms with Gasteiger partial charge in [-0.25, -0.2) is 4.98 Å². The molecule has 0 aliphatic rings. The standard InChI is InChI=1S/C20H17BrN4O/c21-18-16-7-3-4-8-17(16)24-19(18)20(26)23-11-14-5-1-2-6-15(14)12-25-10-9-22-13-25/h1-10,13,24H,11-12H2,(H,23,26). The predicted molar refractivity (Wildman–Crippen MR) is 105 cm³/mol. The van der Waals surface area contributed by atoms with Crippen molar-refractivity contribution in [3.05, 3.63) is 88.5 Å². The zero-order chi connectivity index (χ0) is 17.9. The monoisotopic (exact) mass is 408 g/mol. The number of benzene rings is 2. The highest BCUT2D eigenvalue weighted by Gasteiger charge is 2.15. The number of H-pyrrole nitrogens is 1. The molecule has 2 heterocycles. The van der Waals surface area contributed by atoms with Crippen molar-refractivity contribution in [1.82, 2.24) is 19.9 Å². The fourth-order valence-electron chi connectivity index (χ4n) is 2.99. The summed E-state index contributed by atoms with van der Waals surface area (Å²) in [5.41, 5.74) is 3.71. The number of aromatic nitrogens is 3. The van der Waals surface area contributed by atoms with Gasteiger partial charge in [0.1, 0.15) is 5.69 Å². The van der Waals surface area contributed by atoms with E-state index in [-0.39, 0.29) is 5.91 Å². The lowest BCUT2D eigenvalue weighted by Gasteiger charge is -2.11. The van der Waals surface area contributed by atoms with Gasteiger partial charge in [-0.15, -0.1) is 0 Å². The number of carbonyl (C=O) groups is 1. The molecule has 0 aliphatic carbocycles. The number of rotatable bonds is 5. The quantitative estimate of drug-likeness (QED) is 0.521. The summed E-state index contributed by atoms with van der Waals surface area (Å²) >= 11 is 3.53. The second-order valence-corrected chi connectivity index (χ2v) is 6.84. The van der Waals surface area contributed by atoms with Crippen LogP contribution >= 0.6 is 15.9 Å². The topological polar surface area (TPSA) is 62.7 Å². The molecule has 0 saturated heterocycles. The van der Waals surface area contributed by atoms with E-state index >= 15 is 0 Å². The third-order valence-electron chi connectivity index (χ3n) is 4.34. The van der Waals surface area contributed by atoms with Crippen molar-refractivity contribution in [3.8, 4) is 0 Å². The van der Waals surface area contributed by atoms with Crippen LogP contribution in [0.1, 0.15) is 21.6 Å². The van der Waals surface area contributed by atoms with E-state index in [4.69, 9.17) is 0 Å². The first-order chi connectivity index (χ1) is 12.7. The molecule has 4 rings (SSSR count). The Morgan fingerprint density at radius 3 is 2.65 bits per heavy atom. The van der Waals surface area contributed by atoms with E-state index in [1.54, 1.807) is 12.5 Å². The van der Waals surface area contributed by atoms with E-state index in [0.29, 0.717) is 12.2 Å². The van der Waals surface area contributed by atoms with E-state index in [1.165, 1.54) is 0 Å². The van der Waals surface area contributed by atoms with E-state index in [1.807, 2.05) is 53.2 Å². The normalized spacial score (nSPS) is 11.0. The Balaban J connectivity index is 1.52. The largest absolute Gasteiger partial charge is 0.350 e. The second-order valence-electron chi connectivity index (χ2n) is 6.05. The molecule has 26 heavy (non-hydrogen) atoms. The van der Waals surface area contributed by atoms with Gasteiger partial charge in [-0.1, -0.05) is 42.5 Å². The fourth-order valence-corrected chi connectivity index (χ4v) is 3.61. The van der Waals surface area contributed by atoms with Crippen LogP contribution in [0, 0.1) is 0 Å². The van der Waals surface area contributed by atoms with Crippen molar-refractivity contribution in [2.75, 3.05) is 0 Å². The van der Waals surface area contributed by atoms with Crippen LogP contribution in [0.5, 0.6) is 0 Å². The van der Waals surface area contributed by atoms with E-state index in [0.717, 1.165) is 33.0 Å². The molecular formula is C20H17BrN4O. The van der Waals surface area contributed by atoms with Crippen LogP contribution in [-0.2, 0) is 13.1 Å². The molecule has 0 spiro atoms. The summed E-state index contributed by atoms with van der Waals surface area (Å²) in [5, 5.41) is 4.01. The fraction of sp³-hybridized carbons (Fsp3) is 0.100. The number of amides is 1. The molecule has 2 N–H and O–H groups in total. The maximum atomic E-state index is 12.6. The highest BCUT2D eigenvalue weighted by molar-refractivity contribution is 9.10. The molecular weight excluding hydrogens is 392 g/mol. The van der Waals surface area contributed by atoms with Gasteiger partial charge in [-0.05, 0) is 33.1 Å². The Labute approximate surface area is 159 Å². The van der Waals surface area contributed by atoms with Gasteiger partial charge in [0.2, 0.25) is 0 Å². The van der Waals surface area contributed by atoms with Crippen molar-refractivity contribution in [2.24, 2.45) is 0 Å². The first kappa shape index (κ1) is 16.6. The van der Waals surface area contributed by atoms with Crippen molar-refractivity contribution in [1.29, 1.82) is 0 Å². The number of hydrogen-bond donors (Lipinski definition) is 2. The molecule has 2 aromatic carbocycles. The number of hydrogen-bond acceptors (Lipinski definition) is 2. The molecule has 4 aromatic rings. The Bertz CT molecular complexity index is 1050. The van der Waals surface area contributed by atoms with Gasteiger partial charge >= 0.3 is 0 Å². The Morgan fingerprint density at radius 2 is 1.88 bits per heavy atom. The van der Waals surface area contributed by atoms with Crippen LogP contribution < -0.4 is 5.32 Å². The average Bonchev–Trinajstić information content (AvgIpc) is 3.29. The van der Waals surface area contributed by atoms with Crippen LogP contribution in [0.2, 0.25) is 0 Å². The van der Waals surface area contributed by atoms with E-state index in [2.05, 4.69) is 37.3 Å². The molecule has 5 nitrogen and oxygen atoms in total. The molecule has 130 valence electrons. The number of fused-ring (bicyclic) bond motifs is 1. The van der Waals surface area contributed by atoms with Gasteiger partial charge in [0.15, 0.2) is 0 Å². The second kappa shape index (κ2) is 7.17. The van der Waals surface area contributed by atoms with E-state index in [9.17, 15) is 4.79 Å². The highest BCUT2D eigenvalue weighted by Crippen LogP contribution is 2.27. The molecule has 0 radical (unpaired) electrons. The van der Waals surface area contributed by atoms with Gasteiger partial charge in [0.25, 0.3) is 5.91 Å². The first-order valence-electron chi connectivity index (χ1n) is 8.29. The number of halogens is 1. The molecule has 0 saturated carbocycles. The Kier molecular flexibility index (Phi) is 4.58. The highest BCUT2D eigenvalue weighted by atomic mass is 79.9. The maximum Gasteiger partial charge on any atom is 0.269 e. The lowest BCUT2D eigenvalue weighted by Crippen LogP contribution is -2.24. The first-order valence-corrected chi connectivity index (χ1v) is 9.08. The predicted octanol–water partition coefficient (Wildman–Crippen LogP) is 4.11. The smallest absolute Gasteiger partial charge is 0.269 e. The average molecular weight is 409 g/mol. The summed E-state index contributed by atoms with van der Waals surface area (Å²) in [5.74, 6) is -0.134. The van der Waals surface area contributed by atoms with Gasteiger partial charge in [-0.3, -0.25) is 4.79 Å². The minimum absolute atomic E-state index is 0.134. The molecule has 0 unspecified atom stereocenters. The number of nitrogens with one attached hydrogen (secondary N) is 2. The zero-order valence-electron chi connectivity index (χ0n) is 13.9. The van der Waals surface area contributed by atoms with Gasteiger partial charge in [-0.2, -0.15) is 0 Å². The van der Waals surface area contributed by atoms with Crippen LogP contribution in [0.25, 0.3) is 10.9 Å². The Hall–Kier alpha value is -2.86. The van der Waals surface area contributed by atoms with E-state index < -0.39 is 0 Å². The van der Waals surface area contributed by atoms with Crippen LogP contribution in [-0.4, -0.2) is 20.4 Å². The van der Waals surface area contributed by atoms with Crippen LogP contribution in [0.15, 0.2) is 71.7 Å². The Morgan fingerprint density at radius 1 is 1.12 bits per heavy atom. The van der Waals surface area contributed by atoms with Gasteiger partial charge < -0.3 is 14.9 Å². The maximum absolute atomic E-state index is 12.6. The minimum atomic E-state index is -0.134. The number of para-hydroxylation sites is 1. The summed E-state index contributed by atoms with van der Waals surface area (Å²) in [4.78, 5) is 19.9. The summed E-state index contributed by atoms with van der Waals surface area (Å²) < 4.78 is 2.80. The SMILES string of the molecule is O=C(NCc1ccccc1Cn1ccnc1)c1[nH]c2ccccc2c1Br. The lowest BCUT2D eigenvalue weighted by molar-refractivity contribution is 0.0946. The zero-order valence-corrected chi connectivity index (χ0v) is 15.5. The van der Waals surface area contributed by atoms with Crippen molar-refractivity contribution >= 4 is 32.7 Å². The summed E-state index contributed by atoms with van der Waals surface area (Å²) in [6.07, 6.45) is 5.48. The lowest BCUT2D eigenvalue weighted by atomic mass is 10.1. The molecule has 0 fully saturated rings. The number of carbonyl (C=O) groups excluding carboxylic acids is 1. The number of nitrogens with zero attached hydrogens (tertiary/aromatic N) is 2. The molecule has 0 atom stereocenters. The minimum Gasteiger partial charge on any atom is -0.350 e. The van der Waals surface area contributed by atoms with Crippen LogP contribution in [0.3, 0.4) is 0 Å². The molecule has 2 aromatic heterocycles. The molecule has 0 aliphatic heterocycles.